The van der Waals surface area contributed by atoms with E-state index in [0.29, 0.717) is 6.10 Å². The van der Waals surface area contributed by atoms with E-state index in [4.69, 9.17) is 14.9 Å². The van der Waals surface area contributed by atoms with Crippen molar-refractivity contribution in [2.24, 2.45) is 5.41 Å². The van der Waals surface area contributed by atoms with Crippen LogP contribution in [0.15, 0.2) is 0 Å². The number of ether oxygens (including phenoxy) is 1. The molecule has 2 rings (SSSR count). The molecule has 1 aliphatic carbocycles. The number of hydrogen-bond donors (Lipinski definition) is 2. The first kappa shape index (κ1) is 7.53. The van der Waals surface area contributed by atoms with Crippen LogP contribution in [0.25, 0.3) is 0 Å². The number of aliphatic hydroxyl groups is 2. The molecule has 64 valence electrons. The minimum absolute atomic E-state index is 0.0526. The molecule has 1 heterocycles. The van der Waals surface area contributed by atoms with E-state index in [1.807, 2.05) is 0 Å². The molecule has 2 bridgehead atoms. The highest BCUT2D eigenvalue weighted by Gasteiger charge is 2.52. The summed E-state index contributed by atoms with van der Waals surface area (Å²) < 4.78 is 5.49. The fourth-order valence-electron chi connectivity index (χ4n) is 2.37. The van der Waals surface area contributed by atoms with E-state index in [2.05, 4.69) is 0 Å². The van der Waals surface area contributed by atoms with Crippen molar-refractivity contribution in [1.29, 1.82) is 0 Å². The Morgan fingerprint density at radius 3 is 2.73 bits per heavy atom. The van der Waals surface area contributed by atoms with Gasteiger partial charge in [-0.25, -0.2) is 0 Å². The third kappa shape index (κ3) is 0.916. The predicted octanol–water partition coefficient (Wildman–Crippen LogP) is -0.0913. The molecule has 1 saturated carbocycles. The second kappa shape index (κ2) is 2.44. The Morgan fingerprint density at radius 1 is 1.45 bits per heavy atom. The van der Waals surface area contributed by atoms with Gasteiger partial charge in [-0.1, -0.05) is 0 Å². The standard InChI is InChI=1S/C8H14O3/c9-4-7-8(5-10)2-1-6(3-8)11-7/h6-7,9-10H,1-5H2. The second-order valence-corrected chi connectivity index (χ2v) is 3.69. The van der Waals surface area contributed by atoms with Crippen molar-refractivity contribution in [2.45, 2.75) is 31.5 Å². The van der Waals surface area contributed by atoms with Gasteiger partial charge in [0.15, 0.2) is 0 Å². The molecule has 2 fully saturated rings. The van der Waals surface area contributed by atoms with Gasteiger partial charge in [0.2, 0.25) is 0 Å². The zero-order chi connectivity index (χ0) is 7.90. The molecule has 1 aliphatic heterocycles. The number of fused-ring (bicyclic) bond motifs is 2. The molecule has 11 heavy (non-hydrogen) atoms. The summed E-state index contributed by atoms with van der Waals surface area (Å²) in [5.41, 5.74) is -0.0978. The van der Waals surface area contributed by atoms with Gasteiger partial charge in [-0.05, 0) is 19.3 Å². The summed E-state index contributed by atoms with van der Waals surface area (Å²) in [5, 5.41) is 18.1. The Labute approximate surface area is 66.0 Å². The van der Waals surface area contributed by atoms with Gasteiger partial charge >= 0.3 is 0 Å². The van der Waals surface area contributed by atoms with Crippen LogP contribution in [0.1, 0.15) is 19.3 Å². The van der Waals surface area contributed by atoms with E-state index in [-0.39, 0.29) is 24.7 Å². The van der Waals surface area contributed by atoms with Gasteiger partial charge in [-0.2, -0.15) is 0 Å². The predicted molar refractivity (Wildman–Crippen MR) is 39.1 cm³/mol. The van der Waals surface area contributed by atoms with Crippen LogP contribution in [0, 0.1) is 5.41 Å². The molecule has 0 amide bonds. The Kier molecular flexibility index (Phi) is 1.67. The van der Waals surface area contributed by atoms with Gasteiger partial charge < -0.3 is 14.9 Å². The molecule has 1 saturated heterocycles. The monoisotopic (exact) mass is 158 g/mol. The minimum atomic E-state index is -0.105. The summed E-state index contributed by atoms with van der Waals surface area (Å²) >= 11 is 0. The summed E-state index contributed by atoms with van der Waals surface area (Å²) in [4.78, 5) is 0. The van der Waals surface area contributed by atoms with Gasteiger partial charge in [-0.15, -0.1) is 0 Å². The third-order valence-electron chi connectivity index (χ3n) is 3.12. The molecule has 0 aromatic rings. The van der Waals surface area contributed by atoms with Crippen LogP contribution in [-0.2, 0) is 4.74 Å². The Bertz CT molecular complexity index is 159. The first-order chi connectivity index (χ1) is 5.30. The summed E-state index contributed by atoms with van der Waals surface area (Å²) in [7, 11) is 0. The number of aliphatic hydroxyl groups excluding tert-OH is 2. The van der Waals surface area contributed by atoms with Gasteiger partial charge in [0.25, 0.3) is 0 Å². The van der Waals surface area contributed by atoms with Crippen LogP contribution in [0.5, 0.6) is 0 Å². The third-order valence-corrected chi connectivity index (χ3v) is 3.12. The van der Waals surface area contributed by atoms with Crippen LogP contribution in [0.3, 0.4) is 0 Å². The van der Waals surface area contributed by atoms with Crippen LogP contribution in [0.4, 0.5) is 0 Å². The number of rotatable bonds is 2. The van der Waals surface area contributed by atoms with Crippen LogP contribution < -0.4 is 0 Å². The van der Waals surface area contributed by atoms with Crippen molar-refractivity contribution in [3.05, 3.63) is 0 Å². The van der Waals surface area contributed by atoms with E-state index < -0.39 is 0 Å². The van der Waals surface area contributed by atoms with Crippen molar-refractivity contribution in [2.75, 3.05) is 13.2 Å². The molecule has 0 spiro atoms. The molecule has 2 aliphatic rings. The van der Waals surface area contributed by atoms with Gasteiger partial charge in [0.1, 0.15) is 0 Å². The quantitative estimate of drug-likeness (QED) is 0.590. The Hall–Kier alpha value is -0.120. The number of hydrogen-bond acceptors (Lipinski definition) is 3. The highest BCUT2D eigenvalue weighted by atomic mass is 16.5. The van der Waals surface area contributed by atoms with Crippen LogP contribution in [-0.4, -0.2) is 35.6 Å². The maximum atomic E-state index is 9.15. The van der Waals surface area contributed by atoms with Crippen molar-refractivity contribution in [3.63, 3.8) is 0 Å². The average Bonchev–Trinajstić information content (AvgIpc) is 2.60. The molecular weight excluding hydrogens is 144 g/mol. The molecule has 3 unspecified atom stereocenters. The van der Waals surface area contributed by atoms with E-state index in [1.54, 1.807) is 0 Å². The highest BCUT2D eigenvalue weighted by Crippen LogP contribution is 2.49. The molecule has 0 aromatic heterocycles. The lowest BCUT2D eigenvalue weighted by molar-refractivity contribution is -0.0714. The van der Waals surface area contributed by atoms with Crippen molar-refractivity contribution in [1.82, 2.24) is 0 Å². The molecule has 0 aromatic carbocycles. The van der Waals surface area contributed by atoms with Crippen molar-refractivity contribution < 1.29 is 14.9 Å². The van der Waals surface area contributed by atoms with Gasteiger partial charge in [0.05, 0.1) is 25.4 Å². The first-order valence-electron chi connectivity index (χ1n) is 4.18. The molecule has 2 N–H and O–H groups in total. The largest absolute Gasteiger partial charge is 0.396 e. The van der Waals surface area contributed by atoms with E-state index >= 15 is 0 Å². The SMILES string of the molecule is OCC1OC2CCC1(CO)C2. The fourth-order valence-corrected chi connectivity index (χ4v) is 2.37. The second-order valence-electron chi connectivity index (χ2n) is 3.69. The smallest absolute Gasteiger partial charge is 0.0888 e. The summed E-state index contributed by atoms with van der Waals surface area (Å²) in [6, 6.07) is 0. The normalized spacial score (nSPS) is 48.5. The lowest BCUT2D eigenvalue weighted by atomic mass is 9.82. The summed E-state index contributed by atoms with van der Waals surface area (Å²) in [5.74, 6) is 0. The Balaban J connectivity index is 2.15. The maximum Gasteiger partial charge on any atom is 0.0888 e. The molecule has 3 nitrogen and oxygen atoms in total. The zero-order valence-corrected chi connectivity index (χ0v) is 6.49. The minimum Gasteiger partial charge on any atom is -0.396 e. The van der Waals surface area contributed by atoms with E-state index in [1.165, 1.54) is 0 Å². The average molecular weight is 158 g/mol. The molecule has 0 radical (unpaired) electrons. The van der Waals surface area contributed by atoms with Gasteiger partial charge in [-0.3, -0.25) is 0 Å². The fraction of sp³-hybridized carbons (Fsp3) is 1.00. The Morgan fingerprint density at radius 2 is 2.27 bits per heavy atom. The lowest BCUT2D eigenvalue weighted by Gasteiger charge is -2.30. The van der Waals surface area contributed by atoms with E-state index in [0.717, 1.165) is 19.3 Å². The van der Waals surface area contributed by atoms with Crippen molar-refractivity contribution >= 4 is 0 Å². The zero-order valence-electron chi connectivity index (χ0n) is 6.49. The van der Waals surface area contributed by atoms with Crippen LogP contribution >= 0.6 is 0 Å². The summed E-state index contributed by atoms with van der Waals surface area (Å²) in [6.45, 7) is 0.214. The molecule has 3 atom stereocenters. The topological polar surface area (TPSA) is 49.7 Å². The summed E-state index contributed by atoms with van der Waals surface area (Å²) in [6.07, 6.45) is 3.20. The van der Waals surface area contributed by atoms with Crippen LogP contribution in [0.2, 0.25) is 0 Å². The van der Waals surface area contributed by atoms with Crippen molar-refractivity contribution in [3.8, 4) is 0 Å². The maximum absolute atomic E-state index is 9.15. The first-order valence-corrected chi connectivity index (χ1v) is 4.18. The van der Waals surface area contributed by atoms with E-state index in [9.17, 15) is 0 Å². The molecular formula is C8H14O3. The molecule has 3 heteroatoms. The van der Waals surface area contributed by atoms with Gasteiger partial charge in [0, 0.05) is 5.41 Å². The highest BCUT2D eigenvalue weighted by molar-refractivity contribution is 5.00. The lowest BCUT2D eigenvalue weighted by Crippen LogP contribution is -2.37.